The highest BCUT2D eigenvalue weighted by molar-refractivity contribution is 9.10. The maximum Gasteiger partial charge on any atom is 0.232 e. The third-order valence-electron chi connectivity index (χ3n) is 3.73. The van der Waals surface area contributed by atoms with Crippen LogP contribution in [0.25, 0.3) is 11.4 Å². The smallest absolute Gasteiger partial charge is 0.232 e. The first kappa shape index (κ1) is 12.8. The van der Waals surface area contributed by atoms with Crippen LogP contribution in [0.2, 0.25) is 0 Å². The Bertz CT molecular complexity index is 576. The van der Waals surface area contributed by atoms with Crippen molar-refractivity contribution in [3.05, 3.63) is 34.6 Å². The van der Waals surface area contributed by atoms with Crippen LogP contribution in [0.15, 0.2) is 33.3 Å². The number of benzene rings is 1. The van der Waals surface area contributed by atoms with E-state index >= 15 is 0 Å². The van der Waals surface area contributed by atoms with Gasteiger partial charge < -0.3 is 9.84 Å². The molecule has 0 bridgehead atoms. The minimum absolute atomic E-state index is 0.00249. The summed E-state index contributed by atoms with van der Waals surface area (Å²) in [6.45, 7) is 4.21. The van der Waals surface area contributed by atoms with E-state index in [0.717, 1.165) is 41.9 Å². The van der Waals surface area contributed by atoms with Crippen molar-refractivity contribution in [3.8, 4) is 11.4 Å². The molecule has 0 unspecified atom stereocenters. The Morgan fingerprint density at radius 1 is 1.32 bits per heavy atom. The lowest BCUT2D eigenvalue weighted by Gasteiger charge is -2.30. The molecule has 1 aromatic heterocycles. The summed E-state index contributed by atoms with van der Waals surface area (Å²) >= 11 is 3.46. The number of nitrogens with one attached hydrogen (secondary N) is 1. The summed E-state index contributed by atoms with van der Waals surface area (Å²) in [5.74, 6) is 1.42. The molecule has 1 aliphatic rings. The summed E-state index contributed by atoms with van der Waals surface area (Å²) in [5, 5.41) is 7.48. The van der Waals surface area contributed by atoms with E-state index in [9.17, 15) is 0 Å². The molecule has 0 spiro atoms. The van der Waals surface area contributed by atoms with Gasteiger partial charge in [-0.05, 0) is 38.1 Å². The van der Waals surface area contributed by atoms with Gasteiger partial charge in [0.25, 0.3) is 0 Å². The molecule has 1 N–H and O–H groups in total. The number of aromatic nitrogens is 2. The van der Waals surface area contributed by atoms with Gasteiger partial charge in [0.15, 0.2) is 0 Å². The molecule has 0 radical (unpaired) electrons. The molecule has 100 valence electrons. The van der Waals surface area contributed by atoms with E-state index in [4.69, 9.17) is 4.52 Å². The van der Waals surface area contributed by atoms with Gasteiger partial charge in [0.1, 0.15) is 0 Å². The van der Waals surface area contributed by atoms with Crippen molar-refractivity contribution in [2.75, 3.05) is 13.1 Å². The molecule has 19 heavy (non-hydrogen) atoms. The van der Waals surface area contributed by atoms with Crippen LogP contribution < -0.4 is 5.32 Å². The molecule has 3 rings (SSSR count). The SMILES string of the molecule is CC1(c2nc(-c3cccc(Br)c3)no2)CCNCC1. The zero-order valence-corrected chi connectivity index (χ0v) is 12.4. The lowest BCUT2D eigenvalue weighted by molar-refractivity contribution is 0.241. The summed E-state index contributed by atoms with van der Waals surface area (Å²) in [4.78, 5) is 4.59. The first-order valence-corrected chi connectivity index (χ1v) is 7.28. The first-order chi connectivity index (χ1) is 9.17. The fourth-order valence-corrected chi connectivity index (χ4v) is 2.81. The number of hydrogen-bond donors (Lipinski definition) is 1. The molecule has 2 heterocycles. The van der Waals surface area contributed by atoms with Crippen LogP contribution in [-0.2, 0) is 5.41 Å². The molecule has 0 atom stereocenters. The van der Waals surface area contributed by atoms with Crippen molar-refractivity contribution in [2.45, 2.75) is 25.2 Å². The van der Waals surface area contributed by atoms with Crippen molar-refractivity contribution in [1.29, 1.82) is 0 Å². The minimum Gasteiger partial charge on any atom is -0.338 e. The molecule has 0 saturated carbocycles. The molecular formula is C14H16BrN3O. The summed E-state index contributed by atoms with van der Waals surface area (Å²) < 4.78 is 6.52. The predicted octanol–water partition coefficient (Wildman–Crippen LogP) is 3.14. The topological polar surface area (TPSA) is 51.0 Å². The van der Waals surface area contributed by atoms with Crippen molar-refractivity contribution in [2.24, 2.45) is 0 Å². The van der Waals surface area contributed by atoms with Gasteiger partial charge >= 0.3 is 0 Å². The lowest BCUT2D eigenvalue weighted by Crippen LogP contribution is -2.37. The number of halogens is 1. The fraction of sp³-hybridized carbons (Fsp3) is 0.429. The van der Waals surface area contributed by atoms with Gasteiger partial charge in [-0.1, -0.05) is 40.1 Å². The zero-order chi connectivity index (χ0) is 13.3. The van der Waals surface area contributed by atoms with Crippen LogP contribution in [0.5, 0.6) is 0 Å². The lowest BCUT2D eigenvalue weighted by atomic mass is 9.81. The highest BCUT2D eigenvalue weighted by Crippen LogP contribution is 2.33. The van der Waals surface area contributed by atoms with Gasteiger partial charge in [0, 0.05) is 15.5 Å². The number of nitrogens with zero attached hydrogens (tertiary/aromatic N) is 2. The Hall–Kier alpha value is -1.20. The Labute approximate surface area is 120 Å². The van der Waals surface area contributed by atoms with E-state index < -0.39 is 0 Å². The second-order valence-corrected chi connectivity index (χ2v) is 6.16. The van der Waals surface area contributed by atoms with E-state index in [2.05, 4.69) is 38.3 Å². The Morgan fingerprint density at radius 3 is 2.84 bits per heavy atom. The average Bonchev–Trinajstić information content (AvgIpc) is 2.90. The van der Waals surface area contributed by atoms with Crippen molar-refractivity contribution in [1.82, 2.24) is 15.5 Å². The average molecular weight is 322 g/mol. The molecular weight excluding hydrogens is 306 g/mol. The van der Waals surface area contributed by atoms with Crippen LogP contribution in [0, 0.1) is 0 Å². The summed E-state index contributed by atoms with van der Waals surface area (Å²) in [7, 11) is 0. The second-order valence-electron chi connectivity index (χ2n) is 5.24. The maximum atomic E-state index is 5.50. The van der Waals surface area contributed by atoms with Gasteiger partial charge in [0.05, 0.1) is 0 Å². The normalized spacial score (nSPS) is 18.4. The highest BCUT2D eigenvalue weighted by atomic mass is 79.9. The van der Waals surface area contributed by atoms with Crippen LogP contribution >= 0.6 is 15.9 Å². The van der Waals surface area contributed by atoms with Gasteiger partial charge in [0.2, 0.25) is 11.7 Å². The van der Waals surface area contributed by atoms with E-state index in [1.807, 2.05) is 24.3 Å². The fourth-order valence-electron chi connectivity index (χ4n) is 2.41. The summed E-state index contributed by atoms with van der Waals surface area (Å²) in [6, 6.07) is 7.95. The second kappa shape index (κ2) is 5.06. The van der Waals surface area contributed by atoms with E-state index in [1.165, 1.54) is 0 Å². The Morgan fingerprint density at radius 2 is 2.11 bits per heavy atom. The molecule has 0 aliphatic carbocycles. The quantitative estimate of drug-likeness (QED) is 0.923. The van der Waals surface area contributed by atoms with Crippen molar-refractivity contribution >= 4 is 15.9 Å². The number of rotatable bonds is 2. The Kier molecular flexibility index (Phi) is 3.41. The minimum atomic E-state index is 0.00249. The monoisotopic (exact) mass is 321 g/mol. The molecule has 1 fully saturated rings. The largest absolute Gasteiger partial charge is 0.338 e. The molecule has 1 aliphatic heterocycles. The van der Waals surface area contributed by atoms with E-state index in [-0.39, 0.29) is 5.41 Å². The third-order valence-corrected chi connectivity index (χ3v) is 4.23. The number of hydrogen-bond acceptors (Lipinski definition) is 4. The summed E-state index contributed by atoms with van der Waals surface area (Å²) in [6.07, 6.45) is 2.07. The van der Waals surface area contributed by atoms with Crippen LogP contribution in [0.4, 0.5) is 0 Å². The molecule has 1 saturated heterocycles. The summed E-state index contributed by atoms with van der Waals surface area (Å²) in [5.41, 5.74) is 0.976. The van der Waals surface area contributed by atoms with Crippen molar-refractivity contribution < 1.29 is 4.52 Å². The number of piperidine rings is 1. The molecule has 5 heteroatoms. The van der Waals surface area contributed by atoms with Gasteiger partial charge in [-0.3, -0.25) is 0 Å². The van der Waals surface area contributed by atoms with Gasteiger partial charge in [-0.2, -0.15) is 4.98 Å². The Balaban J connectivity index is 1.91. The predicted molar refractivity (Wildman–Crippen MR) is 76.9 cm³/mol. The van der Waals surface area contributed by atoms with Crippen molar-refractivity contribution in [3.63, 3.8) is 0 Å². The molecule has 1 aromatic carbocycles. The zero-order valence-electron chi connectivity index (χ0n) is 10.8. The van der Waals surface area contributed by atoms with Gasteiger partial charge in [-0.15, -0.1) is 0 Å². The van der Waals surface area contributed by atoms with Gasteiger partial charge in [-0.25, -0.2) is 0 Å². The molecule has 0 amide bonds. The molecule has 4 nitrogen and oxygen atoms in total. The highest BCUT2D eigenvalue weighted by Gasteiger charge is 2.34. The molecule has 2 aromatic rings. The van der Waals surface area contributed by atoms with Crippen LogP contribution in [-0.4, -0.2) is 23.2 Å². The van der Waals surface area contributed by atoms with Crippen LogP contribution in [0.1, 0.15) is 25.7 Å². The first-order valence-electron chi connectivity index (χ1n) is 6.48. The third kappa shape index (κ3) is 2.58. The standard InChI is InChI=1S/C14H16BrN3O/c1-14(5-7-16-8-6-14)13-17-12(18-19-13)10-3-2-4-11(15)9-10/h2-4,9,16H,5-8H2,1H3. The van der Waals surface area contributed by atoms with E-state index in [0.29, 0.717) is 5.82 Å². The van der Waals surface area contributed by atoms with E-state index in [1.54, 1.807) is 0 Å². The van der Waals surface area contributed by atoms with Crippen LogP contribution in [0.3, 0.4) is 0 Å². The maximum absolute atomic E-state index is 5.50.